The summed E-state index contributed by atoms with van der Waals surface area (Å²) in [5.41, 5.74) is 8.42. The number of benzene rings is 1. The molecule has 1 rings (SSSR count). The molecule has 0 unspecified atom stereocenters. The van der Waals surface area contributed by atoms with Crippen molar-refractivity contribution in [2.45, 2.75) is 33.1 Å². The van der Waals surface area contributed by atoms with Gasteiger partial charge in [0.05, 0.1) is 6.54 Å². The van der Waals surface area contributed by atoms with Crippen LogP contribution in [-0.2, 0) is 13.1 Å². The number of nitrogens with zero attached hydrogens (tertiary/aromatic N) is 1. The van der Waals surface area contributed by atoms with Crippen molar-refractivity contribution in [3.8, 4) is 0 Å². The van der Waals surface area contributed by atoms with Gasteiger partial charge in [-0.2, -0.15) is 13.2 Å². The molecule has 0 bridgehead atoms. The Morgan fingerprint density at radius 2 is 1.94 bits per heavy atom. The van der Waals surface area contributed by atoms with Crippen molar-refractivity contribution >= 4 is 0 Å². The highest BCUT2D eigenvalue weighted by atomic mass is 19.4. The second-order valence-corrected chi connectivity index (χ2v) is 4.38. The average molecular weight is 260 g/mol. The Morgan fingerprint density at radius 3 is 2.39 bits per heavy atom. The number of halogens is 3. The van der Waals surface area contributed by atoms with Crippen LogP contribution in [0.25, 0.3) is 0 Å². The van der Waals surface area contributed by atoms with E-state index >= 15 is 0 Å². The lowest BCUT2D eigenvalue weighted by Gasteiger charge is -2.23. The van der Waals surface area contributed by atoms with E-state index in [1.807, 2.05) is 25.1 Å². The first-order valence-corrected chi connectivity index (χ1v) is 5.93. The van der Waals surface area contributed by atoms with Gasteiger partial charge in [0.2, 0.25) is 0 Å². The fourth-order valence-corrected chi connectivity index (χ4v) is 1.84. The minimum absolute atomic E-state index is 0.312. The molecule has 0 fully saturated rings. The predicted molar refractivity (Wildman–Crippen MR) is 66.1 cm³/mol. The molecule has 0 saturated carbocycles. The second-order valence-electron chi connectivity index (χ2n) is 4.38. The van der Waals surface area contributed by atoms with E-state index in [4.69, 9.17) is 5.73 Å². The summed E-state index contributed by atoms with van der Waals surface area (Å²) >= 11 is 0. The van der Waals surface area contributed by atoms with E-state index in [-0.39, 0.29) is 0 Å². The van der Waals surface area contributed by atoms with Crippen LogP contribution in [0.2, 0.25) is 0 Å². The van der Waals surface area contributed by atoms with E-state index in [0.29, 0.717) is 19.6 Å². The molecule has 0 radical (unpaired) electrons. The Hall–Kier alpha value is -1.07. The lowest BCUT2D eigenvalue weighted by Crippen LogP contribution is -2.33. The maximum atomic E-state index is 12.4. The average Bonchev–Trinajstić information content (AvgIpc) is 2.28. The summed E-state index contributed by atoms with van der Waals surface area (Å²) in [5.74, 6) is 0. The molecule has 0 aliphatic carbocycles. The number of alkyl halides is 3. The van der Waals surface area contributed by atoms with Crippen molar-refractivity contribution in [2.75, 3.05) is 13.1 Å². The summed E-state index contributed by atoms with van der Waals surface area (Å²) in [5, 5.41) is 0. The van der Waals surface area contributed by atoms with Crippen molar-refractivity contribution in [3.63, 3.8) is 0 Å². The highest BCUT2D eigenvalue weighted by molar-refractivity contribution is 5.31. The molecular formula is C13H19F3N2. The van der Waals surface area contributed by atoms with E-state index in [1.165, 1.54) is 4.90 Å². The van der Waals surface area contributed by atoms with Gasteiger partial charge in [-0.25, -0.2) is 0 Å². The topological polar surface area (TPSA) is 29.3 Å². The molecule has 0 saturated heterocycles. The Morgan fingerprint density at radius 1 is 1.28 bits per heavy atom. The summed E-state index contributed by atoms with van der Waals surface area (Å²) < 4.78 is 37.1. The van der Waals surface area contributed by atoms with Crippen molar-refractivity contribution in [2.24, 2.45) is 5.73 Å². The normalized spacial score (nSPS) is 12.2. The van der Waals surface area contributed by atoms with Gasteiger partial charge in [0, 0.05) is 13.1 Å². The first-order chi connectivity index (χ1) is 8.35. The molecule has 102 valence electrons. The smallest absolute Gasteiger partial charge is 0.326 e. The fourth-order valence-electron chi connectivity index (χ4n) is 1.84. The molecule has 0 aliphatic rings. The Bertz CT molecular complexity index is 388. The molecular weight excluding hydrogens is 241 g/mol. The van der Waals surface area contributed by atoms with Crippen LogP contribution in [0.1, 0.15) is 23.6 Å². The first-order valence-electron chi connectivity index (χ1n) is 5.93. The molecule has 1 aromatic rings. The molecule has 0 aromatic heterocycles. The zero-order valence-corrected chi connectivity index (χ0v) is 10.7. The van der Waals surface area contributed by atoms with E-state index in [0.717, 1.165) is 16.7 Å². The van der Waals surface area contributed by atoms with Gasteiger partial charge in [-0.1, -0.05) is 25.1 Å². The maximum absolute atomic E-state index is 12.4. The van der Waals surface area contributed by atoms with E-state index in [1.54, 1.807) is 6.92 Å². The minimum atomic E-state index is -4.15. The highest BCUT2D eigenvalue weighted by Crippen LogP contribution is 2.19. The van der Waals surface area contributed by atoms with Crippen LogP contribution >= 0.6 is 0 Å². The van der Waals surface area contributed by atoms with Crippen molar-refractivity contribution in [1.29, 1.82) is 0 Å². The molecule has 2 N–H and O–H groups in total. The van der Waals surface area contributed by atoms with Gasteiger partial charge in [-0.05, 0) is 30.2 Å². The lowest BCUT2D eigenvalue weighted by atomic mass is 10.0. The van der Waals surface area contributed by atoms with Gasteiger partial charge in [-0.15, -0.1) is 0 Å². The number of rotatable bonds is 5. The van der Waals surface area contributed by atoms with Gasteiger partial charge >= 0.3 is 6.18 Å². The third kappa shape index (κ3) is 4.66. The largest absolute Gasteiger partial charge is 0.401 e. The van der Waals surface area contributed by atoms with Gasteiger partial charge in [0.15, 0.2) is 0 Å². The third-order valence-corrected chi connectivity index (χ3v) is 2.89. The zero-order valence-electron chi connectivity index (χ0n) is 10.7. The van der Waals surface area contributed by atoms with E-state index < -0.39 is 12.7 Å². The summed E-state index contributed by atoms with van der Waals surface area (Å²) in [6.45, 7) is 3.89. The fraction of sp³-hybridized carbons (Fsp3) is 0.538. The van der Waals surface area contributed by atoms with Crippen LogP contribution in [0.5, 0.6) is 0 Å². The van der Waals surface area contributed by atoms with Crippen LogP contribution in [0.15, 0.2) is 18.2 Å². The summed E-state index contributed by atoms with van der Waals surface area (Å²) in [6, 6.07) is 5.65. The molecule has 0 heterocycles. The lowest BCUT2D eigenvalue weighted by molar-refractivity contribution is -0.146. The predicted octanol–water partition coefficient (Wildman–Crippen LogP) is 2.84. The van der Waals surface area contributed by atoms with Crippen LogP contribution in [0, 0.1) is 6.92 Å². The van der Waals surface area contributed by atoms with Gasteiger partial charge < -0.3 is 5.73 Å². The first kappa shape index (κ1) is 15.0. The minimum Gasteiger partial charge on any atom is -0.326 e. The number of hydrogen-bond acceptors (Lipinski definition) is 2. The quantitative estimate of drug-likeness (QED) is 0.882. The standard InChI is InChI=1S/C13H19F3N2/c1-3-18(9-13(14,15)16)8-12-5-4-11(7-17)6-10(12)2/h4-6H,3,7-9,17H2,1-2H3. The molecule has 0 amide bonds. The molecule has 0 spiro atoms. The molecule has 18 heavy (non-hydrogen) atoms. The van der Waals surface area contributed by atoms with Crippen LogP contribution in [-0.4, -0.2) is 24.2 Å². The van der Waals surface area contributed by atoms with E-state index in [2.05, 4.69) is 0 Å². The third-order valence-electron chi connectivity index (χ3n) is 2.89. The van der Waals surface area contributed by atoms with E-state index in [9.17, 15) is 13.2 Å². The molecule has 2 nitrogen and oxygen atoms in total. The van der Waals surface area contributed by atoms with Crippen molar-refractivity contribution in [1.82, 2.24) is 4.90 Å². The highest BCUT2D eigenvalue weighted by Gasteiger charge is 2.30. The Balaban J connectivity index is 2.76. The zero-order chi connectivity index (χ0) is 13.8. The van der Waals surface area contributed by atoms with Crippen LogP contribution in [0.4, 0.5) is 13.2 Å². The van der Waals surface area contributed by atoms with Crippen molar-refractivity contribution < 1.29 is 13.2 Å². The molecule has 0 aliphatic heterocycles. The molecule has 5 heteroatoms. The Labute approximate surface area is 106 Å². The monoisotopic (exact) mass is 260 g/mol. The number of hydrogen-bond donors (Lipinski definition) is 1. The van der Waals surface area contributed by atoms with Crippen LogP contribution < -0.4 is 5.73 Å². The number of aryl methyl sites for hydroxylation is 1. The summed E-state index contributed by atoms with van der Waals surface area (Å²) in [6.07, 6.45) is -4.15. The maximum Gasteiger partial charge on any atom is 0.401 e. The van der Waals surface area contributed by atoms with Gasteiger partial charge in [-0.3, -0.25) is 4.90 Å². The van der Waals surface area contributed by atoms with Gasteiger partial charge in [0.25, 0.3) is 0 Å². The van der Waals surface area contributed by atoms with Gasteiger partial charge in [0.1, 0.15) is 0 Å². The van der Waals surface area contributed by atoms with Crippen LogP contribution in [0.3, 0.4) is 0 Å². The molecule has 0 atom stereocenters. The Kier molecular flexibility index (Phi) is 5.16. The summed E-state index contributed by atoms with van der Waals surface area (Å²) in [7, 11) is 0. The SMILES string of the molecule is CCN(Cc1ccc(CN)cc1C)CC(F)(F)F. The number of nitrogens with two attached hydrogens (primary N) is 1. The molecule has 1 aromatic carbocycles. The summed E-state index contributed by atoms with van der Waals surface area (Å²) in [4.78, 5) is 1.38. The second kappa shape index (κ2) is 6.20. The van der Waals surface area contributed by atoms with Crippen molar-refractivity contribution in [3.05, 3.63) is 34.9 Å².